The molecule has 0 amide bonds. The molecule has 3 aromatic heterocycles. The van der Waals surface area contributed by atoms with Crippen LogP contribution in [0.3, 0.4) is 0 Å². The number of thiazole rings is 1. The lowest BCUT2D eigenvalue weighted by molar-refractivity contribution is 0.104. The summed E-state index contributed by atoms with van der Waals surface area (Å²) in [5.74, 6) is 0.0248. The maximum Gasteiger partial charge on any atom is 0.215 e. The number of carbonyl (C=O) groups excluding carboxylic acids is 1. The highest BCUT2D eigenvalue weighted by atomic mass is 79.9. The zero-order chi connectivity index (χ0) is 17.4. The van der Waals surface area contributed by atoms with E-state index in [0.29, 0.717) is 23.0 Å². The molecule has 0 aliphatic carbocycles. The quantitative estimate of drug-likeness (QED) is 0.425. The van der Waals surface area contributed by atoms with E-state index in [1.54, 1.807) is 11.3 Å². The number of ether oxygens (including phenoxy) is 1. The minimum atomic E-state index is 0.0248. The molecule has 4 heterocycles. The lowest BCUT2D eigenvalue weighted by Crippen LogP contribution is -2.36. The van der Waals surface area contributed by atoms with Gasteiger partial charge in [0, 0.05) is 17.6 Å². The fourth-order valence-corrected chi connectivity index (χ4v) is 6.42. The Morgan fingerprint density at radius 2 is 2.04 bits per heavy atom. The molecule has 1 aliphatic rings. The fourth-order valence-electron chi connectivity index (χ4n) is 2.50. The molecule has 0 radical (unpaired) electrons. The number of rotatable bonds is 4. The zero-order valence-electron chi connectivity index (χ0n) is 12.8. The van der Waals surface area contributed by atoms with Crippen LogP contribution in [0.25, 0.3) is 10.6 Å². The summed E-state index contributed by atoms with van der Waals surface area (Å²) in [7, 11) is 0. The smallest absolute Gasteiger partial charge is 0.215 e. The number of hydrogen-bond acceptors (Lipinski definition) is 7. The van der Waals surface area contributed by atoms with Gasteiger partial charge in [0.1, 0.15) is 10.6 Å². The van der Waals surface area contributed by atoms with Gasteiger partial charge in [-0.1, -0.05) is 17.4 Å². The Hall–Kier alpha value is -0.580. The molecule has 1 fully saturated rings. The van der Waals surface area contributed by atoms with Crippen molar-refractivity contribution >= 4 is 76.8 Å². The molecular weight excluding hydrogens is 508 g/mol. The molecule has 130 valence electrons. The van der Waals surface area contributed by atoms with Crippen LogP contribution in [0.4, 0.5) is 5.13 Å². The van der Waals surface area contributed by atoms with E-state index >= 15 is 0 Å². The Bertz CT molecular complexity index is 879. The second kappa shape index (κ2) is 7.58. The summed E-state index contributed by atoms with van der Waals surface area (Å²) in [5, 5.41) is 2.90. The first-order chi connectivity index (χ1) is 12.1. The van der Waals surface area contributed by atoms with Gasteiger partial charge < -0.3 is 9.64 Å². The number of ketones is 1. The SMILES string of the molecule is O=C(c1cc(Br)c(Br)s1)c1sc(N2CCOCC2)nc1-c1cccs1. The number of morpholine rings is 1. The second-order valence-electron chi connectivity index (χ2n) is 5.31. The first-order valence-corrected chi connectivity index (χ1v) is 11.6. The van der Waals surface area contributed by atoms with Crippen molar-refractivity contribution in [3.8, 4) is 10.6 Å². The first kappa shape index (κ1) is 17.8. The van der Waals surface area contributed by atoms with Gasteiger partial charge in [0.15, 0.2) is 5.13 Å². The van der Waals surface area contributed by atoms with E-state index in [9.17, 15) is 4.79 Å². The largest absolute Gasteiger partial charge is 0.378 e. The van der Waals surface area contributed by atoms with Crippen LogP contribution in [-0.4, -0.2) is 37.1 Å². The van der Waals surface area contributed by atoms with Crippen LogP contribution >= 0.6 is 65.9 Å². The number of carbonyl (C=O) groups is 1. The molecule has 25 heavy (non-hydrogen) atoms. The molecule has 0 spiro atoms. The zero-order valence-corrected chi connectivity index (χ0v) is 18.5. The molecular formula is C16H12Br2N2O2S3. The van der Waals surface area contributed by atoms with Crippen molar-refractivity contribution in [3.05, 3.63) is 41.6 Å². The predicted molar refractivity (Wildman–Crippen MR) is 112 cm³/mol. The van der Waals surface area contributed by atoms with Crippen molar-refractivity contribution in [2.45, 2.75) is 0 Å². The van der Waals surface area contributed by atoms with Gasteiger partial charge in [0.2, 0.25) is 5.78 Å². The van der Waals surface area contributed by atoms with Gasteiger partial charge in [0.05, 0.1) is 26.8 Å². The highest BCUT2D eigenvalue weighted by Crippen LogP contribution is 2.39. The van der Waals surface area contributed by atoms with Crippen molar-refractivity contribution in [1.29, 1.82) is 0 Å². The summed E-state index contributed by atoms with van der Waals surface area (Å²) in [6.07, 6.45) is 0. The molecule has 0 unspecified atom stereocenters. The molecule has 4 rings (SSSR count). The van der Waals surface area contributed by atoms with Gasteiger partial charge >= 0.3 is 0 Å². The Morgan fingerprint density at radius 3 is 2.68 bits per heavy atom. The lowest BCUT2D eigenvalue weighted by Gasteiger charge is -2.26. The highest BCUT2D eigenvalue weighted by Gasteiger charge is 2.26. The van der Waals surface area contributed by atoms with Gasteiger partial charge in [-0.15, -0.1) is 22.7 Å². The maximum absolute atomic E-state index is 13.1. The average molecular weight is 520 g/mol. The van der Waals surface area contributed by atoms with E-state index in [1.807, 2.05) is 23.6 Å². The normalized spacial score (nSPS) is 14.9. The van der Waals surface area contributed by atoms with Crippen LogP contribution in [0.15, 0.2) is 31.8 Å². The van der Waals surface area contributed by atoms with E-state index in [-0.39, 0.29) is 5.78 Å². The van der Waals surface area contributed by atoms with E-state index in [1.165, 1.54) is 22.7 Å². The number of halogens is 2. The van der Waals surface area contributed by atoms with Gasteiger partial charge in [-0.3, -0.25) is 4.79 Å². The number of nitrogens with zero attached hydrogens (tertiary/aromatic N) is 2. The molecule has 4 nitrogen and oxygen atoms in total. The Balaban J connectivity index is 1.76. The third kappa shape index (κ3) is 3.63. The van der Waals surface area contributed by atoms with E-state index in [2.05, 4.69) is 36.8 Å². The standard InChI is InChI=1S/C16H12Br2N2O2S3/c17-9-8-11(24-15(9)18)13(21)14-12(10-2-1-7-23-10)19-16(25-14)20-3-5-22-6-4-20/h1-2,7-8H,3-6H2. The van der Waals surface area contributed by atoms with Crippen LogP contribution < -0.4 is 4.90 Å². The topological polar surface area (TPSA) is 42.4 Å². The second-order valence-corrected chi connectivity index (χ2v) is 10.5. The van der Waals surface area contributed by atoms with E-state index in [4.69, 9.17) is 9.72 Å². The van der Waals surface area contributed by atoms with Gasteiger partial charge in [-0.05, 0) is 49.4 Å². The predicted octanol–water partition coefficient (Wildman–Crippen LogP) is 5.53. The first-order valence-electron chi connectivity index (χ1n) is 7.50. The third-order valence-corrected chi connectivity index (χ3v) is 8.97. The summed E-state index contributed by atoms with van der Waals surface area (Å²) < 4.78 is 7.25. The molecule has 1 aliphatic heterocycles. The Morgan fingerprint density at radius 1 is 1.24 bits per heavy atom. The van der Waals surface area contributed by atoms with Crippen molar-refractivity contribution in [3.63, 3.8) is 0 Å². The maximum atomic E-state index is 13.1. The van der Waals surface area contributed by atoms with Gasteiger partial charge in [-0.2, -0.15) is 0 Å². The summed E-state index contributed by atoms with van der Waals surface area (Å²) in [4.78, 5) is 22.6. The highest BCUT2D eigenvalue weighted by molar-refractivity contribution is 9.13. The minimum absolute atomic E-state index is 0.0248. The van der Waals surface area contributed by atoms with Crippen molar-refractivity contribution < 1.29 is 9.53 Å². The van der Waals surface area contributed by atoms with Gasteiger partial charge in [0.25, 0.3) is 0 Å². The summed E-state index contributed by atoms with van der Waals surface area (Å²) in [5.41, 5.74) is 0.784. The average Bonchev–Trinajstić information content (AvgIpc) is 3.35. The molecule has 0 N–H and O–H groups in total. The minimum Gasteiger partial charge on any atom is -0.378 e. The molecule has 0 atom stereocenters. The molecule has 0 aromatic carbocycles. The molecule has 9 heteroatoms. The van der Waals surface area contributed by atoms with Crippen LogP contribution in [0, 0.1) is 0 Å². The fraction of sp³-hybridized carbons (Fsp3) is 0.250. The summed E-state index contributed by atoms with van der Waals surface area (Å²) >= 11 is 11.4. The molecule has 1 saturated heterocycles. The number of anilines is 1. The monoisotopic (exact) mass is 518 g/mol. The van der Waals surface area contributed by atoms with E-state index in [0.717, 1.165) is 37.1 Å². The van der Waals surface area contributed by atoms with Crippen molar-refractivity contribution in [1.82, 2.24) is 4.98 Å². The number of thiophene rings is 2. The Kier molecular flexibility index (Phi) is 5.40. The van der Waals surface area contributed by atoms with Crippen molar-refractivity contribution in [2.24, 2.45) is 0 Å². The number of aromatic nitrogens is 1. The number of hydrogen-bond donors (Lipinski definition) is 0. The Labute approximate surface area is 173 Å². The lowest BCUT2D eigenvalue weighted by atomic mass is 10.2. The van der Waals surface area contributed by atoms with E-state index < -0.39 is 0 Å². The van der Waals surface area contributed by atoms with Crippen LogP contribution in [-0.2, 0) is 4.74 Å². The summed E-state index contributed by atoms with van der Waals surface area (Å²) in [6, 6.07) is 5.86. The molecule has 0 saturated carbocycles. The van der Waals surface area contributed by atoms with Crippen LogP contribution in [0.2, 0.25) is 0 Å². The summed E-state index contributed by atoms with van der Waals surface area (Å²) in [6.45, 7) is 3.01. The molecule has 3 aromatic rings. The van der Waals surface area contributed by atoms with Gasteiger partial charge in [-0.25, -0.2) is 4.98 Å². The van der Waals surface area contributed by atoms with Crippen LogP contribution in [0.5, 0.6) is 0 Å². The molecule has 0 bridgehead atoms. The van der Waals surface area contributed by atoms with Crippen molar-refractivity contribution in [2.75, 3.05) is 31.2 Å². The van der Waals surface area contributed by atoms with Crippen LogP contribution in [0.1, 0.15) is 14.5 Å². The third-order valence-electron chi connectivity index (χ3n) is 3.73.